The lowest BCUT2D eigenvalue weighted by Gasteiger charge is -2.37. The Labute approximate surface area is 359 Å². The Balaban J connectivity index is 0.994. The van der Waals surface area contributed by atoms with E-state index in [4.69, 9.17) is 9.47 Å². The van der Waals surface area contributed by atoms with Crippen molar-refractivity contribution in [2.24, 2.45) is 0 Å². The smallest absolute Gasteiger partial charge is 0.247 e. The highest BCUT2D eigenvalue weighted by atomic mass is 32.2. The van der Waals surface area contributed by atoms with Crippen molar-refractivity contribution in [2.75, 3.05) is 0 Å². The van der Waals surface area contributed by atoms with Crippen LogP contribution in [0.3, 0.4) is 0 Å². The van der Waals surface area contributed by atoms with Gasteiger partial charge in [-0.25, -0.2) is 0 Å². The average Bonchev–Trinajstić information content (AvgIpc) is 3.25. The molecule has 0 aromatic heterocycles. The fourth-order valence-corrected chi connectivity index (χ4v) is 14.0. The Morgan fingerprint density at radius 1 is 0.379 bits per heavy atom. The SMILES string of the molecule is CCCCc1ccc(Oc2cc3c4c(c2)Sc2cc5c(cc2B4c2ccccc2S3)B2c3ccccc3Sc3cc(Oc4ccc(CCCC)cc4)cc(c32)S5)cc1. The molecule has 0 saturated carbocycles. The lowest BCUT2D eigenvalue weighted by Crippen LogP contribution is -2.62. The number of ether oxygens (including phenoxy) is 2. The molecule has 4 aliphatic heterocycles. The molecule has 0 bridgehead atoms. The van der Waals surface area contributed by atoms with Gasteiger partial charge in [0, 0.05) is 39.2 Å². The molecule has 7 aromatic rings. The molecular formula is C50H40B2O2S4. The van der Waals surface area contributed by atoms with Crippen LogP contribution in [0.2, 0.25) is 0 Å². The predicted molar refractivity (Wildman–Crippen MR) is 248 cm³/mol. The van der Waals surface area contributed by atoms with Crippen molar-refractivity contribution in [1.29, 1.82) is 0 Å². The molecule has 0 atom stereocenters. The van der Waals surface area contributed by atoms with Crippen LogP contribution >= 0.6 is 47.0 Å². The van der Waals surface area contributed by atoms with Gasteiger partial charge in [-0.05, 0) is 114 Å². The minimum Gasteiger partial charge on any atom is -0.457 e. The topological polar surface area (TPSA) is 18.5 Å². The van der Waals surface area contributed by atoms with Crippen molar-refractivity contribution in [3.05, 3.63) is 145 Å². The van der Waals surface area contributed by atoms with E-state index in [2.05, 4.69) is 147 Å². The fourth-order valence-electron chi connectivity index (χ4n) is 8.94. The summed E-state index contributed by atoms with van der Waals surface area (Å²) >= 11 is 7.56. The van der Waals surface area contributed by atoms with Crippen LogP contribution in [-0.4, -0.2) is 13.4 Å². The van der Waals surface area contributed by atoms with Gasteiger partial charge in [0.15, 0.2) is 0 Å². The van der Waals surface area contributed by atoms with Gasteiger partial charge in [-0.1, -0.05) is 162 Å². The van der Waals surface area contributed by atoms with Gasteiger partial charge < -0.3 is 9.47 Å². The molecule has 0 N–H and O–H groups in total. The lowest BCUT2D eigenvalue weighted by molar-refractivity contribution is 0.479. The number of benzene rings is 7. The maximum absolute atomic E-state index is 6.62. The van der Waals surface area contributed by atoms with Gasteiger partial charge in [-0.3, -0.25) is 0 Å². The molecule has 4 aliphatic rings. The predicted octanol–water partition coefficient (Wildman–Crippen LogP) is 10.8. The van der Waals surface area contributed by atoms with Crippen LogP contribution in [0.1, 0.15) is 50.7 Å². The van der Waals surface area contributed by atoms with Crippen molar-refractivity contribution in [3.8, 4) is 23.0 Å². The van der Waals surface area contributed by atoms with Gasteiger partial charge >= 0.3 is 0 Å². The molecule has 0 fully saturated rings. The van der Waals surface area contributed by atoms with E-state index >= 15 is 0 Å². The van der Waals surface area contributed by atoms with Crippen LogP contribution in [0.25, 0.3) is 0 Å². The van der Waals surface area contributed by atoms with E-state index in [0.717, 1.165) is 35.8 Å². The first-order chi connectivity index (χ1) is 28.6. The summed E-state index contributed by atoms with van der Waals surface area (Å²) in [6.45, 7) is 4.79. The lowest BCUT2D eigenvalue weighted by atomic mass is 9.33. The van der Waals surface area contributed by atoms with Gasteiger partial charge in [0.25, 0.3) is 0 Å². The largest absolute Gasteiger partial charge is 0.457 e. The molecule has 2 nitrogen and oxygen atoms in total. The second-order valence-electron chi connectivity index (χ2n) is 15.6. The molecule has 0 radical (unpaired) electrons. The second-order valence-corrected chi connectivity index (χ2v) is 20.0. The van der Waals surface area contributed by atoms with E-state index in [-0.39, 0.29) is 13.4 Å². The Bertz CT molecular complexity index is 2550. The Kier molecular flexibility index (Phi) is 9.73. The van der Waals surface area contributed by atoms with Crippen LogP contribution in [0, 0.1) is 0 Å². The minimum atomic E-state index is 0.152. The Hall–Kier alpha value is -4.33. The van der Waals surface area contributed by atoms with Crippen LogP contribution in [-0.2, 0) is 12.8 Å². The number of hydrogen-bond donors (Lipinski definition) is 0. The van der Waals surface area contributed by atoms with Gasteiger partial charge in [0.2, 0.25) is 13.4 Å². The summed E-state index contributed by atoms with van der Waals surface area (Å²) in [7, 11) is 0. The zero-order chi connectivity index (χ0) is 38.7. The monoisotopic (exact) mass is 822 g/mol. The van der Waals surface area contributed by atoms with Crippen molar-refractivity contribution in [3.63, 3.8) is 0 Å². The summed E-state index contributed by atoms with van der Waals surface area (Å²) in [5, 5.41) is 0. The molecule has 282 valence electrons. The maximum atomic E-state index is 6.62. The number of unbranched alkanes of at least 4 members (excludes halogenated alkanes) is 2. The fraction of sp³-hybridized carbons (Fsp3) is 0.160. The second kappa shape index (κ2) is 15.4. The summed E-state index contributed by atoms with van der Waals surface area (Å²) in [4.78, 5) is 10.4. The first-order valence-electron chi connectivity index (χ1n) is 20.6. The molecule has 0 unspecified atom stereocenters. The highest BCUT2D eigenvalue weighted by molar-refractivity contribution is 8.02. The summed E-state index contributed by atoms with van der Waals surface area (Å²) < 4.78 is 13.2. The highest BCUT2D eigenvalue weighted by Crippen LogP contribution is 2.45. The summed E-state index contributed by atoms with van der Waals surface area (Å²) in [5.74, 6) is 3.55. The van der Waals surface area contributed by atoms with Gasteiger partial charge in [0.05, 0.1) is 0 Å². The van der Waals surface area contributed by atoms with Crippen molar-refractivity contribution in [2.45, 2.75) is 91.5 Å². The quantitative estimate of drug-likeness (QED) is 0.127. The van der Waals surface area contributed by atoms with Crippen molar-refractivity contribution >= 4 is 93.2 Å². The van der Waals surface area contributed by atoms with Crippen LogP contribution in [0.15, 0.2) is 173 Å². The molecule has 58 heavy (non-hydrogen) atoms. The van der Waals surface area contributed by atoms with Crippen molar-refractivity contribution < 1.29 is 9.47 Å². The Morgan fingerprint density at radius 3 is 1.19 bits per heavy atom. The van der Waals surface area contributed by atoms with E-state index in [1.165, 1.54) is 109 Å². The number of aryl methyl sites for hydroxylation is 2. The third-order valence-corrected chi connectivity index (χ3v) is 16.4. The minimum absolute atomic E-state index is 0.152. The first-order valence-corrected chi connectivity index (χ1v) is 23.8. The zero-order valence-corrected chi connectivity index (χ0v) is 35.8. The van der Waals surface area contributed by atoms with Crippen molar-refractivity contribution in [1.82, 2.24) is 0 Å². The summed E-state index contributed by atoms with van der Waals surface area (Å²) in [6.07, 6.45) is 7.03. The first kappa shape index (κ1) is 36.7. The molecule has 8 heteroatoms. The summed E-state index contributed by atoms with van der Waals surface area (Å²) in [6, 6.07) is 49.6. The van der Waals surface area contributed by atoms with E-state index in [9.17, 15) is 0 Å². The molecule has 11 rings (SSSR count). The third kappa shape index (κ3) is 6.61. The van der Waals surface area contributed by atoms with Gasteiger partial charge in [0.1, 0.15) is 23.0 Å². The van der Waals surface area contributed by atoms with E-state index in [1.54, 1.807) is 0 Å². The molecule has 0 amide bonds. The average molecular weight is 823 g/mol. The summed E-state index contributed by atoms with van der Waals surface area (Å²) in [5.41, 5.74) is 11.1. The van der Waals surface area contributed by atoms with Crippen LogP contribution < -0.4 is 42.3 Å². The number of fused-ring (bicyclic) bond motifs is 8. The maximum Gasteiger partial charge on any atom is 0.247 e. The molecule has 0 saturated heterocycles. The van der Waals surface area contributed by atoms with E-state index in [0.29, 0.717) is 0 Å². The van der Waals surface area contributed by atoms with Crippen LogP contribution in [0.4, 0.5) is 0 Å². The third-order valence-electron chi connectivity index (χ3n) is 11.8. The van der Waals surface area contributed by atoms with Gasteiger partial charge in [-0.2, -0.15) is 0 Å². The van der Waals surface area contributed by atoms with Crippen LogP contribution in [0.5, 0.6) is 23.0 Å². The van der Waals surface area contributed by atoms with E-state index < -0.39 is 0 Å². The Morgan fingerprint density at radius 2 is 0.776 bits per heavy atom. The number of rotatable bonds is 10. The molecule has 4 heterocycles. The molecule has 0 aliphatic carbocycles. The van der Waals surface area contributed by atoms with Gasteiger partial charge in [-0.15, -0.1) is 0 Å². The molecule has 7 aromatic carbocycles. The normalized spacial score (nSPS) is 13.8. The number of hydrogen-bond acceptors (Lipinski definition) is 6. The zero-order valence-electron chi connectivity index (χ0n) is 32.5. The highest BCUT2D eigenvalue weighted by Gasteiger charge is 2.43. The molecular weight excluding hydrogens is 782 g/mol. The van der Waals surface area contributed by atoms with E-state index in [1.807, 2.05) is 47.0 Å². The standard InChI is InChI=1S/C50H40B2O2S4/c1-3-5-11-31-17-21-33(22-18-31)53-35-25-45-49-47(27-35)57-43-30-44-40(29-39(43)51(49)37-13-7-9-15-41(37)55-45)52-38-14-8-10-16-42(38)56-46-26-36(28-48(58-44)50(46)52)54-34-23-19-32(20-24-34)12-6-4-2/h7-10,13-30H,3-6,11-12H2,1-2H3. The molecule has 0 spiro atoms.